The first-order chi connectivity index (χ1) is 8.65. The van der Waals surface area contributed by atoms with E-state index in [1.54, 1.807) is 23.5 Å². The molecule has 1 atom stereocenters. The average Bonchev–Trinajstić information content (AvgIpc) is 2.81. The molecule has 2 nitrogen and oxygen atoms in total. The Morgan fingerprint density at radius 3 is 2.78 bits per heavy atom. The maximum absolute atomic E-state index is 12.1. The molecule has 0 radical (unpaired) electrons. The third-order valence-corrected chi connectivity index (χ3v) is 3.28. The zero-order chi connectivity index (χ0) is 13.0. The van der Waals surface area contributed by atoms with Crippen molar-refractivity contribution in [1.29, 1.82) is 0 Å². The molecule has 2 aromatic rings. The van der Waals surface area contributed by atoms with Crippen LogP contribution in [0.15, 0.2) is 41.1 Å². The summed E-state index contributed by atoms with van der Waals surface area (Å²) in [6.45, 7) is -2.81. The van der Waals surface area contributed by atoms with Gasteiger partial charge in [0.1, 0.15) is 5.75 Å². The number of hydrogen-bond donors (Lipinski definition) is 1. The lowest BCUT2D eigenvalue weighted by Crippen LogP contribution is -2.13. The number of ether oxygens (including phenoxy) is 1. The van der Waals surface area contributed by atoms with Crippen LogP contribution in [0.2, 0.25) is 0 Å². The van der Waals surface area contributed by atoms with Crippen molar-refractivity contribution in [3.63, 3.8) is 0 Å². The van der Waals surface area contributed by atoms with Gasteiger partial charge in [0.2, 0.25) is 0 Å². The molecular weight excluding hydrogens is 256 g/mol. The first-order valence-corrected chi connectivity index (χ1v) is 6.41. The van der Waals surface area contributed by atoms with Crippen LogP contribution in [0.4, 0.5) is 8.78 Å². The van der Waals surface area contributed by atoms with Crippen LogP contribution in [0.25, 0.3) is 0 Å². The van der Waals surface area contributed by atoms with Crippen molar-refractivity contribution in [2.45, 2.75) is 19.1 Å². The van der Waals surface area contributed by atoms with Gasteiger partial charge in [-0.15, -0.1) is 0 Å². The van der Waals surface area contributed by atoms with Gasteiger partial charge in [-0.05, 0) is 46.5 Å². The van der Waals surface area contributed by atoms with Crippen LogP contribution in [0.3, 0.4) is 0 Å². The maximum Gasteiger partial charge on any atom is 0.387 e. The number of alkyl halides is 2. The SMILES string of the molecule is NC(Cc1ccsc1)c1cccc(OC(F)F)c1. The van der Waals surface area contributed by atoms with Gasteiger partial charge in [-0.3, -0.25) is 0 Å². The van der Waals surface area contributed by atoms with Crippen molar-refractivity contribution in [3.05, 3.63) is 52.2 Å². The highest BCUT2D eigenvalue weighted by molar-refractivity contribution is 7.07. The normalized spacial score (nSPS) is 12.7. The first-order valence-electron chi connectivity index (χ1n) is 5.46. The molecule has 0 spiro atoms. The monoisotopic (exact) mass is 269 g/mol. The molecule has 0 saturated carbocycles. The third kappa shape index (κ3) is 3.51. The van der Waals surface area contributed by atoms with E-state index in [-0.39, 0.29) is 11.8 Å². The van der Waals surface area contributed by atoms with Crippen molar-refractivity contribution in [2.24, 2.45) is 5.73 Å². The highest BCUT2D eigenvalue weighted by atomic mass is 32.1. The average molecular weight is 269 g/mol. The minimum atomic E-state index is -2.81. The minimum absolute atomic E-state index is 0.142. The molecule has 1 aromatic heterocycles. The van der Waals surface area contributed by atoms with E-state index in [1.807, 2.05) is 22.9 Å². The zero-order valence-corrected chi connectivity index (χ0v) is 10.4. The predicted octanol–water partition coefficient (Wildman–Crippen LogP) is 3.59. The first kappa shape index (κ1) is 13.0. The molecule has 0 bridgehead atoms. The summed E-state index contributed by atoms with van der Waals surface area (Å²) >= 11 is 1.61. The highest BCUT2D eigenvalue weighted by Gasteiger charge is 2.10. The second-order valence-corrected chi connectivity index (χ2v) is 4.67. The lowest BCUT2D eigenvalue weighted by Gasteiger charge is -2.13. The Bertz CT molecular complexity index is 487. The van der Waals surface area contributed by atoms with Gasteiger partial charge in [0.05, 0.1) is 0 Å². The molecule has 18 heavy (non-hydrogen) atoms. The Kier molecular flexibility index (Phi) is 4.28. The van der Waals surface area contributed by atoms with Gasteiger partial charge < -0.3 is 10.5 Å². The molecule has 0 fully saturated rings. The van der Waals surface area contributed by atoms with Crippen molar-refractivity contribution >= 4 is 11.3 Å². The molecule has 2 N–H and O–H groups in total. The summed E-state index contributed by atoms with van der Waals surface area (Å²) in [5.74, 6) is 0.142. The quantitative estimate of drug-likeness (QED) is 0.900. The number of halogens is 2. The van der Waals surface area contributed by atoms with Crippen molar-refractivity contribution in [3.8, 4) is 5.75 Å². The van der Waals surface area contributed by atoms with E-state index in [9.17, 15) is 8.78 Å². The summed E-state index contributed by atoms with van der Waals surface area (Å²) in [7, 11) is 0. The summed E-state index contributed by atoms with van der Waals surface area (Å²) in [6.07, 6.45) is 0.682. The predicted molar refractivity (Wildman–Crippen MR) is 68.0 cm³/mol. The van der Waals surface area contributed by atoms with Crippen LogP contribution in [0.5, 0.6) is 5.75 Å². The number of nitrogens with two attached hydrogens (primary N) is 1. The topological polar surface area (TPSA) is 35.2 Å². The molecule has 0 aliphatic carbocycles. The second kappa shape index (κ2) is 5.93. The molecule has 2 rings (SSSR count). The zero-order valence-electron chi connectivity index (χ0n) is 9.55. The fourth-order valence-corrected chi connectivity index (χ4v) is 2.38. The fraction of sp³-hybridized carbons (Fsp3) is 0.231. The Labute approximate surface area is 108 Å². The number of benzene rings is 1. The van der Waals surface area contributed by atoms with Gasteiger partial charge in [-0.2, -0.15) is 20.1 Å². The van der Waals surface area contributed by atoms with Gasteiger partial charge in [0.25, 0.3) is 0 Å². The lowest BCUT2D eigenvalue weighted by molar-refractivity contribution is -0.0498. The van der Waals surface area contributed by atoms with Crippen LogP contribution >= 0.6 is 11.3 Å². The summed E-state index contributed by atoms with van der Waals surface area (Å²) in [6, 6.07) is 8.32. The van der Waals surface area contributed by atoms with Crippen LogP contribution in [0, 0.1) is 0 Å². The standard InChI is InChI=1S/C13H13F2NOS/c14-13(15)17-11-3-1-2-10(7-11)12(16)6-9-4-5-18-8-9/h1-5,7-8,12-13H,6,16H2. The van der Waals surface area contributed by atoms with Crippen LogP contribution in [0.1, 0.15) is 17.2 Å². The fourth-order valence-electron chi connectivity index (χ4n) is 1.70. The number of rotatable bonds is 5. The van der Waals surface area contributed by atoms with Gasteiger partial charge in [0, 0.05) is 6.04 Å². The largest absolute Gasteiger partial charge is 0.435 e. The van der Waals surface area contributed by atoms with E-state index < -0.39 is 6.61 Å². The second-order valence-electron chi connectivity index (χ2n) is 3.89. The number of thiophene rings is 1. The van der Waals surface area contributed by atoms with Gasteiger partial charge in [-0.25, -0.2) is 0 Å². The highest BCUT2D eigenvalue weighted by Crippen LogP contribution is 2.22. The Morgan fingerprint density at radius 1 is 1.28 bits per heavy atom. The van der Waals surface area contributed by atoms with E-state index in [4.69, 9.17) is 5.73 Å². The molecule has 0 aliphatic rings. The summed E-state index contributed by atoms with van der Waals surface area (Å²) in [5, 5.41) is 4.01. The molecular formula is C13H13F2NOS. The molecule has 0 saturated heterocycles. The molecule has 1 unspecified atom stereocenters. The van der Waals surface area contributed by atoms with Gasteiger partial charge in [0.15, 0.2) is 0 Å². The van der Waals surface area contributed by atoms with E-state index >= 15 is 0 Å². The molecule has 5 heteroatoms. The number of hydrogen-bond acceptors (Lipinski definition) is 3. The lowest BCUT2D eigenvalue weighted by atomic mass is 10.0. The Morgan fingerprint density at radius 2 is 2.11 bits per heavy atom. The van der Waals surface area contributed by atoms with E-state index in [0.29, 0.717) is 6.42 Å². The van der Waals surface area contributed by atoms with E-state index in [1.165, 1.54) is 6.07 Å². The smallest absolute Gasteiger partial charge is 0.387 e. The molecule has 0 aliphatic heterocycles. The van der Waals surface area contributed by atoms with Gasteiger partial charge in [-0.1, -0.05) is 12.1 Å². The van der Waals surface area contributed by atoms with Gasteiger partial charge >= 0.3 is 6.61 Å². The summed E-state index contributed by atoms with van der Waals surface area (Å²) in [4.78, 5) is 0. The maximum atomic E-state index is 12.1. The van der Waals surface area contributed by atoms with Crippen molar-refractivity contribution in [2.75, 3.05) is 0 Å². The molecule has 1 heterocycles. The molecule has 1 aromatic carbocycles. The van der Waals surface area contributed by atoms with Crippen molar-refractivity contribution in [1.82, 2.24) is 0 Å². The van der Waals surface area contributed by atoms with Crippen LogP contribution in [-0.4, -0.2) is 6.61 Å². The summed E-state index contributed by atoms with van der Waals surface area (Å²) < 4.78 is 28.6. The molecule has 96 valence electrons. The van der Waals surface area contributed by atoms with Crippen LogP contribution < -0.4 is 10.5 Å². The van der Waals surface area contributed by atoms with Crippen LogP contribution in [-0.2, 0) is 6.42 Å². The Balaban J connectivity index is 2.07. The molecule has 0 amide bonds. The summed E-state index contributed by atoms with van der Waals surface area (Å²) in [5.41, 5.74) is 7.98. The Hall–Kier alpha value is -1.46. The van der Waals surface area contributed by atoms with E-state index in [2.05, 4.69) is 4.74 Å². The third-order valence-electron chi connectivity index (χ3n) is 2.55. The van der Waals surface area contributed by atoms with E-state index in [0.717, 1.165) is 11.1 Å². The minimum Gasteiger partial charge on any atom is -0.435 e. The van der Waals surface area contributed by atoms with Crippen molar-refractivity contribution < 1.29 is 13.5 Å².